The third-order valence-electron chi connectivity index (χ3n) is 5.22. The van der Waals surface area contributed by atoms with Crippen molar-refractivity contribution in [3.8, 4) is 0 Å². The number of benzene rings is 1. The molecular formula is C26H40N4O7. The van der Waals surface area contributed by atoms with Crippen molar-refractivity contribution in [3.05, 3.63) is 35.4 Å². The van der Waals surface area contributed by atoms with Gasteiger partial charge in [-0.15, -0.1) is 0 Å². The number of rotatable bonds is 13. The van der Waals surface area contributed by atoms with Gasteiger partial charge in [0.1, 0.15) is 17.7 Å². The van der Waals surface area contributed by atoms with Crippen molar-refractivity contribution in [2.75, 3.05) is 19.7 Å². The molecule has 0 aliphatic carbocycles. The maximum Gasteiger partial charge on any atom is 0.408 e. The van der Waals surface area contributed by atoms with Crippen LogP contribution in [0.25, 0.3) is 0 Å². The lowest BCUT2D eigenvalue weighted by atomic mass is 10.00. The van der Waals surface area contributed by atoms with Crippen LogP contribution in [0.15, 0.2) is 24.3 Å². The molecule has 0 fully saturated rings. The van der Waals surface area contributed by atoms with Gasteiger partial charge in [0.25, 0.3) is 0 Å². The molecule has 206 valence electrons. The van der Waals surface area contributed by atoms with E-state index in [4.69, 9.17) is 15.2 Å². The summed E-state index contributed by atoms with van der Waals surface area (Å²) in [4.78, 5) is 64.0. The quantitative estimate of drug-likeness (QED) is 0.336. The van der Waals surface area contributed by atoms with Crippen molar-refractivity contribution >= 4 is 29.8 Å². The van der Waals surface area contributed by atoms with Gasteiger partial charge in [-0.25, -0.2) is 4.79 Å². The highest BCUT2D eigenvalue weighted by Gasteiger charge is 2.36. The highest BCUT2D eigenvalue weighted by atomic mass is 16.6. The van der Waals surface area contributed by atoms with Crippen molar-refractivity contribution < 1.29 is 33.4 Å². The molecule has 11 nitrogen and oxygen atoms in total. The first-order chi connectivity index (χ1) is 17.3. The fraction of sp³-hybridized carbons (Fsp3) is 0.577. The lowest BCUT2D eigenvalue weighted by Gasteiger charge is -2.33. The summed E-state index contributed by atoms with van der Waals surface area (Å²) >= 11 is 0. The van der Waals surface area contributed by atoms with Crippen molar-refractivity contribution in [3.63, 3.8) is 0 Å². The van der Waals surface area contributed by atoms with Crippen molar-refractivity contribution in [2.45, 2.75) is 78.5 Å². The first kappa shape index (κ1) is 31.4. The Morgan fingerprint density at radius 2 is 1.65 bits per heavy atom. The number of carbonyl (C=O) groups is 5. The Bertz CT molecular complexity index is 941. The Labute approximate surface area is 218 Å². The molecule has 4 amide bonds. The van der Waals surface area contributed by atoms with Gasteiger partial charge in [-0.1, -0.05) is 31.2 Å². The van der Waals surface area contributed by atoms with Gasteiger partial charge in [0.2, 0.25) is 17.7 Å². The van der Waals surface area contributed by atoms with Gasteiger partial charge >= 0.3 is 12.1 Å². The van der Waals surface area contributed by atoms with Crippen LogP contribution in [0.4, 0.5) is 4.79 Å². The number of hydrogen-bond donors (Lipinski definition) is 3. The van der Waals surface area contributed by atoms with Crippen LogP contribution in [-0.4, -0.2) is 66.0 Å². The number of nitrogens with one attached hydrogen (secondary N) is 2. The van der Waals surface area contributed by atoms with E-state index in [1.54, 1.807) is 46.8 Å². The Hall–Kier alpha value is -3.63. The van der Waals surface area contributed by atoms with Gasteiger partial charge in [-0.3, -0.25) is 19.2 Å². The third-order valence-corrected chi connectivity index (χ3v) is 5.22. The number of likely N-dealkylation sites (N-methyl/N-ethyl adjacent to an activating group) is 1. The lowest BCUT2D eigenvalue weighted by Crippen LogP contribution is -2.54. The predicted octanol–water partition coefficient (Wildman–Crippen LogP) is 1.98. The number of esters is 1. The smallest absolute Gasteiger partial charge is 0.408 e. The zero-order valence-corrected chi connectivity index (χ0v) is 22.6. The van der Waals surface area contributed by atoms with E-state index in [9.17, 15) is 24.0 Å². The van der Waals surface area contributed by atoms with E-state index >= 15 is 0 Å². The summed E-state index contributed by atoms with van der Waals surface area (Å²) in [5.74, 6) is -2.48. The van der Waals surface area contributed by atoms with E-state index in [2.05, 4.69) is 10.6 Å². The number of primary amides is 1. The summed E-state index contributed by atoms with van der Waals surface area (Å²) < 4.78 is 10.1. The maximum atomic E-state index is 13.6. The number of amides is 4. The topological polar surface area (TPSA) is 157 Å². The average Bonchev–Trinajstić information content (AvgIpc) is 2.80. The van der Waals surface area contributed by atoms with Gasteiger partial charge in [0, 0.05) is 13.1 Å². The number of alkyl carbamates (subject to hydrolysis) is 1. The van der Waals surface area contributed by atoms with E-state index in [-0.39, 0.29) is 26.1 Å². The lowest BCUT2D eigenvalue weighted by molar-refractivity contribution is -0.144. The number of ether oxygens (including phenoxy) is 2. The predicted molar refractivity (Wildman–Crippen MR) is 137 cm³/mol. The molecule has 11 heteroatoms. The molecule has 2 unspecified atom stereocenters. The minimum atomic E-state index is -1.35. The van der Waals surface area contributed by atoms with E-state index in [0.717, 1.165) is 12.0 Å². The molecule has 1 rings (SSSR count). The van der Waals surface area contributed by atoms with Crippen molar-refractivity contribution in [1.82, 2.24) is 15.5 Å². The van der Waals surface area contributed by atoms with E-state index in [1.807, 2.05) is 19.1 Å². The summed E-state index contributed by atoms with van der Waals surface area (Å²) in [5, 5.41) is 5.09. The van der Waals surface area contributed by atoms with Crippen molar-refractivity contribution in [2.24, 2.45) is 5.73 Å². The zero-order chi connectivity index (χ0) is 28.2. The Morgan fingerprint density at radius 1 is 1.03 bits per heavy atom. The molecule has 1 aromatic rings. The zero-order valence-electron chi connectivity index (χ0n) is 22.6. The number of hydrogen-bond acceptors (Lipinski definition) is 7. The van der Waals surface area contributed by atoms with Crippen LogP contribution in [0.1, 0.15) is 71.6 Å². The van der Waals surface area contributed by atoms with Gasteiger partial charge in [-0.05, 0) is 52.2 Å². The Kier molecular flexibility index (Phi) is 12.6. The monoisotopic (exact) mass is 520 g/mol. The van der Waals surface area contributed by atoms with Crippen LogP contribution in [0.5, 0.6) is 0 Å². The number of nitrogens with zero attached hydrogens (tertiary/aromatic N) is 1. The summed E-state index contributed by atoms with van der Waals surface area (Å²) in [6.07, 6.45) is -0.634. The highest BCUT2D eigenvalue weighted by Crippen LogP contribution is 2.24. The molecule has 0 saturated heterocycles. The molecule has 0 aliphatic rings. The maximum absolute atomic E-state index is 13.6. The van der Waals surface area contributed by atoms with Crippen LogP contribution in [-0.2, 0) is 35.1 Å². The minimum absolute atomic E-state index is 0.00777. The van der Waals surface area contributed by atoms with Crippen LogP contribution in [0.2, 0.25) is 0 Å². The van der Waals surface area contributed by atoms with Gasteiger partial charge < -0.3 is 30.7 Å². The number of aryl methyl sites for hydroxylation is 1. The largest absolute Gasteiger partial charge is 0.466 e. The molecule has 0 saturated carbocycles. The summed E-state index contributed by atoms with van der Waals surface area (Å²) in [5.41, 5.74) is 6.08. The summed E-state index contributed by atoms with van der Waals surface area (Å²) in [7, 11) is 0. The molecular weight excluding hydrogens is 480 g/mol. The molecule has 0 bridgehead atoms. The first-order valence-corrected chi connectivity index (χ1v) is 12.4. The second-order valence-corrected chi connectivity index (χ2v) is 9.34. The second kappa shape index (κ2) is 14.8. The standard InChI is InChI=1S/C26H40N4O7/c1-7-17-10-12-18(13-11-17)22(23(33)28-15-14-21(32)36-9-3)30(8-2)24(34)19(16-20(27)31)29-25(35)37-26(4,5)6/h10-13,19,22H,7-9,14-16H2,1-6H3,(H2,27,31)(H,28,33)(H,29,35). The fourth-order valence-corrected chi connectivity index (χ4v) is 3.54. The van der Waals surface area contributed by atoms with Crippen LogP contribution in [0.3, 0.4) is 0 Å². The van der Waals surface area contributed by atoms with E-state index in [0.29, 0.717) is 5.56 Å². The molecule has 2 atom stereocenters. The number of nitrogens with two attached hydrogens (primary N) is 1. The van der Waals surface area contributed by atoms with Crippen LogP contribution >= 0.6 is 0 Å². The first-order valence-electron chi connectivity index (χ1n) is 12.4. The van der Waals surface area contributed by atoms with E-state index < -0.39 is 53.9 Å². The van der Waals surface area contributed by atoms with Crippen molar-refractivity contribution in [1.29, 1.82) is 0 Å². The third kappa shape index (κ3) is 10.9. The van der Waals surface area contributed by atoms with Crippen LogP contribution < -0.4 is 16.4 Å². The SMILES string of the molecule is CCOC(=O)CCNC(=O)C(c1ccc(CC)cc1)N(CC)C(=O)C(CC(N)=O)NC(=O)OC(C)(C)C. The molecule has 0 aromatic heterocycles. The molecule has 37 heavy (non-hydrogen) atoms. The minimum Gasteiger partial charge on any atom is -0.466 e. The summed E-state index contributed by atoms with van der Waals surface area (Å²) in [6.45, 7) is 10.6. The van der Waals surface area contributed by atoms with Gasteiger partial charge in [0.05, 0.1) is 19.4 Å². The molecule has 0 spiro atoms. The normalized spacial score (nSPS) is 12.6. The van der Waals surface area contributed by atoms with Gasteiger partial charge in [-0.2, -0.15) is 0 Å². The molecule has 4 N–H and O–H groups in total. The highest BCUT2D eigenvalue weighted by molar-refractivity contribution is 5.94. The van der Waals surface area contributed by atoms with E-state index in [1.165, 1.54) is 4.90 Å². The molecule has 0 heterocycles. The summed E-state index contributed by atoms with van der Waals surface area (Å²) in [6, 6.07) is 4.75. The second-order valence-electron chi connectivity index (χ2n) is 9.34. The number of carbonyl (C=O) groups excluding carboxylic acids is 5. The average molecular weight is 521 g/mol. The Morgan fingerprint density at radius 3 is 2.14 bits per heavy atom. The van der Waals surface area contributed by atoms with Gasteiger partial charge in [0.15, 0.2) is 0 Å². The van der Waals surface area contributed by atoms with Crippen LogP contribution in [0, 0.1) is 0 Å². The Balaban J connectivity index is 3.30. The molecule has 0 aliphatic heterocycles. The molecule has 0 radical (unpaired) electrons. The fourth-order valence-electron chi connectivity index (χ4n) is 3.54. The molecule has 1 aromatic carbocycles.